The Kier molecular flexibility index (Phi) is 5.05. The second-order valence-corrected chi connectivity index (χ2v) is 6.08. The number of hydrogen-bond donors (Lipinski definition) is 2. The highest BCUT2D eigenvalue weighted by molar-refractivity contribution is 5.92. The van der Waals surface area contributed by atoms with Crippen molar-refractivity contribution < 1.29 is 9.53 Å². The van der Waals surface area contributed by atoms with Crippen LogP contribution in [0.4, 0.5) is 11.5 Å². The number of nitrogens with one attached hydrogen (secondary N) is 2. The molecule has 1 aliphatic rings. The smallest absolute Gasteiger partial charge is 0.271 e. The fourth-order valence-electron chi connectivity index (χ4n) is 2.70. The van der Waals surface area contributed by atoms with E-state index in [1.165, 1.54) is 11.8 Å². The van der Waals surface area contributed by atoms with E-state index in [0.29, 0.717) is 18.1 Å². The molecule has 1 aliphatic heterocycles. The van der Waals surface area contributed by atoms with Crippen LogP contribution in [-0.2, 0) is 4.74 Å². The zero-order valence-electron chi connectivity index (χ0n) is 14.0. The van der Waals surface area contributed by atoms with Crippen LogP contribution in [0.2, 0.25) is 0 Å². The van der Waals surface area contributed by atoms with Gasteiger partial charge in [0.2, 0.25) is 0 Å². The first-order valence-corrected chi connectivity index (χ1v) is 8.18. The number of ether oxygens (including phenoxy) is 1. The summed E-state index contributed by atoms with van der Waals surface area (Å²) >= 11 is 0. The SMILES string of the molecule is Cc1ccc(Nc2cnc(C(=O)NCC3CCCO3)cn2)c(C)c1. The number of aryl methyl sites for hydroxylation is 2. The molecule has 1 aromatic heterocycles. The second-order valence-electron chi connectivity index (χ2n) is 6.08. The molecule has 1 unspecified atom stereocenters. The van der Waals surface area contributed by atoms with Gasteiger partial charge in [-0.25, -0.2) is 9.97 Å². The van der Waals surface area contributed by atoms with Crippen molar-refractivity contribution >= 4 is 17.4 Å². The maximum atomic E-state index is 12.1. The summed E-state index contributed by atoms with van der Waals surface area (Å²) in [5.74, 6) is 0.383. The molecule has 24 heavy (non-hydrogen) atoms. The minimum absolute atomic E-state index is 0.118. The third-order valence-electron chi connectivity index (χ3n) is 4.04. The van der Waals surface area contributed by atoms with E-state index in [1.807, 2.05) is 19.1 Å². The molecule has 0 saturated carbocycles. The van der Waals surface area contributed by atoms with E-state index in [0.717, 1.165) is 30.7 Å². The molecular formula is C18H22N4O2. The van der Waals surface area contributed by atoms with Gasteiger partial charge in [0.1, 0.15) is 11.5 Å². The minimum atomic E-state index is -0.226. The van der Waals surface area contributed by atoms with Crippen LogP contribution in [0.15, 0.2) is 30.6 Å². The maximum Gasteiger partial charge on any atom is 0.271 e. The standard InChI is InChI=1S/C18H22N4O2/c1-12-5-6-15(13(2)8-12)22-17-11-19-16(10-20-17)18(23)21-9-14-4-3-7-24-14/h5-6,8,10-11,14H,3-4,7,9H2,1-2H3,(H,20,22)(H,21,23). The molecule has 0 bridgehead atoms. The third kappa shape index (κ3) is 4.08. The van der Waals surface area contributed by atoms with Crippen molar-refractivity contribution in [3.05, 3.63) is 47.4 Å². The number of carbonyl (C=O) groups excluding carboxylic acids is 1. The van der Waals surface area contributed by atoms with Crippen molar-refractivity contribution in [2.45, 2.75) is 32.8 Å². The summed E-state index contributed by atoms with van der Waals surface area (Å²) < 4.78 is 5.48. The molecule has 3 rings (SSSR count). The zero-order valence-corrected chi connectivity index (χ0v) is 14.0. The van der Waals surface area contributed by atoms with E-state index >= 15 is 0 Å². The molecule has 1 saturated heterocycles. The molecule has 2 heterocycles. The first-order chi connectivity index (χ1) is 11.6. The highest BCUT2D eigenvalue weighted by Gasteiger charge is 2.17. The second kappa shape index (κ2) is 7.40. The molecule has 2 N–H and O–H groups in total. The van der Waals surface area contributed by atoms with E-state index < -0.39 is 0 Å². The van der Waals surface area contributed by atoms with E-state index in [4.69, 9.17) is 4.74 Å². The molecule has 1 fully saturated rings. The summed E-state index contributed by atoms with van der Waals surface area (Å²) in [6.45, 7) is 5.39. The van der Waals surface area contributed by atoms with Crippen LogP contribution < -0.4 is 10.6 Å². The summed E-state index contributed by atoms with van der Waals surface area (Å²) in [6, 6.07) is 6.15. The van der Waals surface area contributed by atoms with Gasteiger partial charge in [0.25, 0.3) is 5.91 Å². The molecule has 0 aliphatic carbocycles. The quantitative estimate of drug-likeness (QED) is 0.883. The predicted octanol–water partition coefficient (Wildman–Crippen LogP) is 2.75. The number of benzene rings is 1. The molecule has 0 spiro atoms. The van der Waals surface area contributed by atoms with Crippen molar-refractivity contribution in [3.8, 4) is 0 Å². The summed E-state index contributed by atoms with van der Waals surface area (Å²) in [5, 5.41) is 6.06. The molecule has 2 aromatic rings. The lowest BCUT2D eigenvalue weighted by atomic mass is 10.1. The number of carbonyl (C=O) groups is 1. The van der Waals surface area contributed by atoms with Gasteiger partial charge in [-0.05, 0) is 38.3 Å². The summed E-state index contributed by atoms with van der Waals surface area (Å²) in [5.41, 5.74) is 3.63. The van der Waals surface area contributed by atoms with Crippen LogP contribution in [0.3, 0.4) is 0 Å². The van der Waals surface area contributed by atoms with Gasteiger partial charge < -0.3 is 15.4 Å². The Morgan fingerprint density at radius 1 is 1.29 bits per heavy atom. The van der Waals surface area contributed by atoms with Gasteiger partial charge in [-0.1, -0.05) is 17.7 Å². The van der Waals surface area contributed by atoms with Gasteiger partial charge in [-0.2, -0.15) is 0 Å². The van der Waals surface area contributed by atoms with Crippen molar-refractivity contribution in [2.75, 3.05) is 18.5 Å². The number of amides is 1. The van der Waals surface area contributed by atoms with Crippen LogP contribution in [0.5, 0.6) is 0 Å². The number of rotatable bonds is 5. The average molecular weight is 326 g/mol. The average Bonchev–Trinajstić information content (AvgIpc) is 3.09. The number of anilines is 2. The molecule has 1 atom stereocenters. The minimum Gasteiger partial charge on any atom is -0.376 e. The normalized spacial score (nSPS) is 16.8. The third-order valence-corrected chi connectivity index (χ3v) is 4.04. The lowest BCUT2D eigenvalue weighted by Crippen LogP contribution is -2.32. The van der Waals surface area contributed by atoms with E-state index in [-0.39, 0.29) is 12.0 Å². The number of hydrogen-bond acceptors (Lipinski definition) is 5. The van der Waals surface area contributed by atoms with Crippen LogP contribution in [-0.4, -0.2) is 35.1 Å². The Morgan fingerprint density at radius 2 is 2.17 bits per heavy atom. The number of aromatic nitrogens is 2. The van der Waals surface area contributed by atoms with E-state index in [1.54, 1.807) is 6.20 Å². The highest BCUT2D eigenvalue weighted by atomic mass is 16.5. The Hall–Kier alpha value is -2.47. The Balaban J connectivity index is 1.59. The largest absolute Gasteiger partial charge is 0.376 e. The molecular weight excluding hydrogens is 304 g/mol. The van der Waals surface area contributed by atoms with Crippen LogP contribution >= 0.6 is 0 Å². The predicted molar refractivity (Wildman–Crippen MR) is 92.5 cm³/mol. The van der Waals surface area contributed by atoms with Crippen LogP contribution in [0.25, 0.3) is 0 Å². The van der Waals surface area contributed by atoms with Gasteiger partial charge in [-0.3, -0.25) is 4.79 Å². The maximum absolute atomic E-state index is 12.1. The Bertz CT molecular complexity index is 709. The molecule has 126 valence electrons. The zero-order chi connectivity index (χ0) is 16.9. The summed E-state index contributed by atoms with van der Waals surface area (Å²) in [4.78, 5) is 20.5. The highest BCUT2D eigenvalue weighted by Crippen LogP contribution is 2.19. The van der Waals surface area contributed by atoms with Crippen molar-refractivity contribution in [1.29, 1.82) is 0 Å². The Labute approximate surface area is 141 Å². The molecule has 1 amide bonds. The van der Waals surface area contributed by atoms with E-state index in [9.17, 15) is 4.79 Å². The number of nitrogens with zero attached hydrogens (tertiary/aromatic N) is 2. The topological polar surface area (TPSA) is 76.1 Å². The molecule has 6 nitrogen and oxygen atoms in total. The lowest BCUT2D eigenvalue weighted by Gasteiger charge is -2.11. The Morgan fingerprint density at radius 3 is 2.83 bits per heavy atom. The van der Waals surface area contributed by atoms with Gasteiger partial charge in [0, 0.05) is 18.8 Å². The van der Waals surface area contributed by atoms with Crippen molar-refractivity contribution in [1.82, 2.24) is 15.3 Å². The summed E-state index contributed by atoms with van der Waals surface area (Å²) in [7, 11) is 0. The van der Waals surface area contributed by atoms with Crippen LogP contribution in [0, 0.1) is 13.8 Å². The van der Waals surface area contributed by atoms with Gasteiger partial charge in [-0.15, -0.1) is 0 Å². The fourth-order valence-corrected chi connectivity index (χ4v) is 2.70. The first-order valence-electron chi connectivity index (χ1n) is 8.18. The van der Waals surface area contributed by atoms with Crippen molar-refractivity contribution in [3.63, 3.8) is 0 Å². The molecule has 1 aromatic carbocycles. The van der Waals surface area contributed by atoms with Crippen LogP contribution in [0.1, 0.15) is 34.5 Å². The van der Waals surface area contributed by atoms with Gasteiger partial charge in [0.15, 0.2) is 0 Å². The first kappa shape index (κ1) is 16.4. The molecule has 0 radical (unpaired) electrons. The van der Waals surface area contributed by atoms with Gasteiger partial charge >= 0.3 is 0 Å². The van der Waals surface area contributed by atoms with E-state index in [2.05, 4.69) is 33.6 Å². The van der Waals surface area contributed by atoms with Gasteiger partial charge in [0.05, 0.1) is 18.5 Å². The lowest BCUT2D eigenvalue weighted by molar-refractivity contribution is 0.0853. The molecule has 6 heteroatoms. The summed E-state index contributed by atoms with van der Waals surface area (Å²) in [6.07, 6.45) is 5.22. The monoisotopic (exact) mass is 326 g/mol. The fraction of sp³-hybridized carbons (Fsp3) is 0.389. The van der Waals surface area contributed by atoms with Crippen molar-refractivity contribution in [2.24, 2.45) is 0 Å².